The highest BCUT2D eigenvalue weighted by Crippen LogP contribution is 2.26. The number of carbonyl (C=O) groups is 4. The first-order chi connectivity index (χ1) is 34.6. The predicted molar refractivity (Wildman–Crippen MR) is 284 cm³/mol. The quantitative estimate of drug-likeness (QED) is 0.0228. The molecule has 1 aliphatic rings. The largest absolute Gasteiger partial charge is 0.479 e. The number of aliphatic hydroxyl groups excluding tert-OH is 2. The smallest absolute Gasteiger partial charge is 0.335 e. The Morgan fingerprint density at radius 1 is 0.479 bits per heavy atom. The Labute approximate surface area is 429 Å². The van der Waals surface area contributed by atoms with E-state index in [0.717, 1.165) is 135 Å². The van der Waals surface area contributed by atoms with Crippen LogP contribution < -0.4 is 0 Å². The van der Waals surface area contributed by atoms with Crippen LogP contribution in [0.2, 0.25) is 0 Å². The highest BCUT2D eigenvalue weighted by molar-refractivity contribution is 5.74. The van der Waals surface area contributed by atoms with Gasteiger partial charge in [0.2, 0.25) is 0 Å². The van der Waals surface area contributed by atoms with Crippen molar-refractivity contribution in [3.05, 3.63) is 85.1 Å². The maximum absolute atomic E-state index is 13.1. The van der Waals surface area contributed by atoms with E-state index in [1.807, 2.05) is 0 Å². The van der Waals surface area contributed by atoms with Gasteiger partial charge in [0.15, 0.2) is 24.6 Å². The molecule has 1 rings (SSSR count). The lowest BCUT2D eigenvalue weighted by molar-refractivity contribution is -0.301. The van der Waals surface area contributed by atoms with Crippen LogP contribution in [-0.4, -0.2) is 89.2 Å². The molecule has 1 saturated heterocycles. The number of esters is 3. The lowest BCUT2D eigenvalue weighted by Crippen LogP contribution is -2.61. The Balaban J connectivity index is 2.72. The fourth-order valence-corrected chi connectivity index (χ4v) is 7.73. The van der Waals surface area contributed by atoms with Crippen LogP contribution in [0, 0.1) is 0 Å². The zero-order chi connectivity index (χ0) is 51.8. The highest BCUT2D eigenvalue weighted by Gasteiger charge is 2.50. The van der Waals surface area contributed by atoms with Crippen molar-refractivity contribution < 1.29 is 58.2 Å². The number of ether oxygens (including phenoxy) is 5. The van der Waals surface area contributed by atoms with Crippen LogP contribution >= 0.6 is 0 Å². The van der Waals surface area contributed by atoms with E-state index in [-0.39, 0.29) is 25.9 Å². The number of carboxylic acids is 1. The Hall–Kier alpha value is -4.10. The third kappa shape index (κ3) is 37.3. The van der Waals surface area contributed by atoms with E-state index in [0.29, 0.717) is 19.3 Å². The molecule has 0 radical (unpaired) electrons. The van der Waals surface area contributed by atoms with Crippen molar-refractivity contribution in [3.8, 4) is 0 Å². The fourth-order valence-electron chi connectivity index (χ4n) is 7.73. The van der Waals surface area contributed by atoms with E-state index in [1.165, 1.54) is 19.3 Å². The van der Waals surface area contributed by atoms with Crippen molar-refractivity contribution >= 4 is 23.9 Å². The topological polar surface area (TPSA) is 175 Å². The summed E-state index contributed by atoms with van der Waals surface area (Å²) in [7, 11) is 0. The number of unbranched alkanes of at least 4 members (excludes halogenated alkanes) is 17. The second kappa shape index (κ2) is 46.9. The normalized spacial score (nSPS) is 19.1. The van der Waals surface area contributed by atoms with Gasteiger partial charge in [-0.3, -0.25) is 14.4 Å². The molecule has 0 amide bonds. The molecule has 0 aromatic carbocycles. The van der Waals surface area contributed by atoms with Crippen LogP contribution in [0.3, 0.4) is 0 Å². The Morgan fingerprint density at radius 2 is 0.887 bits per heavy atom. The molecule has 71 heavy (non-hydrogen) atoms. The number of aliphatic hydroxyl groups is 2. The summed E-state index contributed by atoms with van der Waals surface area (Å²) in [5.41, 5.74) is 0. The summed E-state index contributed by atoms with van der Waals surface area (Å²) in [6.45, 7) is 5.67. The van der Waals surface area contributed by atoms with Crippen molar-refractivity contribution in [3.63, 3.8) is 0 Å². The first-order valence-corrected chi connectivity index (χ1v) is 27.6. The summed E-state index contributed by atoms with van der Waals surface area (Å²) >= 11 is 0. The third-order valence-electron chi connectivity index (χ3n) is 11.9. The first kappa shape index (κ1) is 64.9. The SMILES string of the molecule is CC/C=C\C/C=C\C/C=C\CCCCCCCCCC(=O)OCC(COC1OC(C(=O)O)C(O)C(O)C1OC(=O)CCCCC/C=C\C/C=C\C/C=C\CC)OC(=O)CCCCCCC/C=C\CCCC. The van der Waals surface area contributed by atoms with Gasteiger partial charge in [-0.2, -0.15) is 0 Å². The second-order valence-electron chi connectivity index (χ2n) is 18.4. The third-order valence-corrected chi connectivity index (χ3v) is 11.9. The van der Waals surface area contributed by atoms with E-state index in [4.69, 9.17) is 23.7 Å². The maximum atomic E-state index is 13.1. The van der Waals surface area contributed by atoms with Crippen LogP contribution in [0.4, 0.5) is 0 Å². The van der Waals surface area contributed by atoms with Gasteiger partial charge in [0.25, 0.3) is 0 Å². The van der Waals surface area contributed by atoms with Gasteiger partial charge in [-0.05, 0) is 103 Å². The molecule has 0 bridgehead atoms. The molecule has 0 spiro atoms. The Bertz CT molecular complexity index is 1560. The standard InChI is InChI=1S/C59H96O12/c1-4-7-10-13-16-19-22-24-25-26-27-29-31-33-36-39-42-45-51(60)67-48-50(69-52(61)46-43-40-37-34-30-21-18-15-12-9-6-3)49-68-59-57(55(64)54(63)56(71-59)58(65)66)70-53(62)47-44-41-38-35-32-28-23-20-17-14-11-8-5-2/h7-8,10-11,15-20,24-25,28,32,50,54-57,59,63-64H,4-6,9,12-14,21-23,26-27,29-31,33-49H2,1-3H3,(H,65,66)/b10-7-,11-8-,18-15-,19-16-,20-17-,25-24-,32-28-. The minimum Gasteiger partial charge on any atom is -0.479 e. The van der Waals surface area contributed by atoms with E-state index in [2.05, 4.69) is 106 Å². The van der Waals surface area contributed by atoms with Gasteiger partial charge in [0.1, 0.15) is 18.8 Å². The van der Waals surface area contributed by atoms with Gasteiger partial charge in [-0.15, -0.1) is 0 Å². The van der Waals surface area contributed by atoms with Crippen molar-refractivity contribution in [2.24, 2.45) is 0 Å². The average Bonchev–Trinajstić information content (AvgIpc) is 3.35. The lowest BCUT2D eigenvalue weighted by atomic mass is 9.98. The zero-order valence-electron chi connectivity index (χ0n) is 44.2. The summed E-state index contributed by atoms with van der Waals surface area (Å²) < 4.78 is 28.3. The van der Waals surface area contributed by atoms with E-state index < -0.39 is 67.3 Å². The number of carbonyl (C=O) groups excluding carboxylic acids is 3. The van der Waals surface area contributed by atoms with Crippen LogP contribution in [0.5, 0.6) is 0 Å². The molecule has 1 fully saturated rings. The van der Waals surface area contributed by atoms with Crippen LogP contribution in [-0.2, 0) is 42.9 Å². The average molecular weight is 997 g/mol. The monoisotopic (exact) mass is 997 g/mol. The van der Waals surface area contributed by atoms with Crippen LogP contribution in [0.25, 0.3) is 0 Å². The van der Waals surface area contributed by atoms with E-state index in [9.17, 15) is 34.5 Å². The van der Waals surface area contributed by atoms with Gasteiger partial charge in [-0.25, -0.2) is 4.79 Å². The number of carboxylic acid groups (broad SMARTS) is 1. The van der Waals surface area contributed by atoms with Gasteiger partial charge in [0, 0.05) is 19.3 Å². The first-order valence-electron chi connectivity index (χ1n) is 27.6. The zero-order valence-corrected chi connectivity index (χ0v) is 44.2. The fraction of sp³-hybridized carbons (Fsp3) is 0.695. The predicted octanol–water partition coefficient (Wildman–Crippen LogP) is 13.6. The molecular weight excluding hydrogens is 901 g/mol. The molecule has 6 atom stereocenters. The number of hydrogen-bond donors (Lipinski definition) is 3. The summed E-state index contributed by atoms with van der Waals surface area (Å²) in [6, 6.07) is 0. The van der Waals surface area contributed by atoms with Gasteiger partial charge < -0.3 is 39.0 Å². The minimum absolute atomic E-state index is 0.0205. The van der Waals surface area contributed by atoms with Gasteiger partial charge in [0.05, 0.1) is 6.61 Å². The molecule has 6 unspecified atom stereocenters. The van der Waals surface area contributed by atoms with Gasteiger partial charge >= 0.3 is 23.9 Å². The summed E-state index contributed by atoms with van der Waals surface area (Å²) in [5, 5.41) is 31.4. The molecule has 0 aliphatic carbocycles. The molecule has 404 valence electrons. The number of allylic oxidation sites excluding steroid dienone is 14. The number of hydrogen-bond acceptors (Lipinski definition) is 11. The molecule has 1 heterocycles. The molecule has 1 aliphatic heterocycles. The van der Waals surface area contributed by atoms with Crippen molar-refractivity contribution in [2.45, 2.75) is 250 Å². The molecule has 0 saturated carbocycles. The summed E-state index contributed by atoms with van der Waals surface area (Å²) in [5.74, 6) is -3.19. The lowest BCUT2D eigenvalue weighted by Gasteiger charge is -2.40. The van der Waals surface area contributed by atoms with Crippen LogP contribution in [0.15, 0.2) is 85.1 Å². The van der Waals surface area contributed by atoms with Crippen LogP contribution in [0.1, 0.15) is 213 Å². The second-order valence-corrected chi connectivity index (χ2v) is 18.4. The maximum Gasteiger partial charge on any atom is 0.335 e. The number of aliphatic carboxylic acids is 1. The molecule has 3 N–H and O–H groups in total. The molecule has 12 nitrogen and oxygen atoms in total. The van der Waals surface area contributed by atoms with Crippen molar-refractivity contribution in [1.82, 2.24) is 0 Å². The molecule has 0 aromatic heterocycles. The molecule has 0 aromatic rings. The summed E-state index contributed by atoms with van der Waals surface area (Å²) in [6.07, 6.45) is 47.1. The number of rotatable bonds is 45. The Kier molecular flexibility index (Phi) is 42.9. The van der Waals surface area contributed by atoms with E-state index in [1.54, 1.807) is 0 Å². The van der Waals surface area contributed by atoms with E-state index >= 15 is 0 Å². The van der Waals surface area contributed by atoms with Gasteiger partial charge in [-0.1, -0.05) is 176 Å². The summed E-state index contributed by atoms with van der Waals surface area (Å²) in [4.78, 5) is 50.9. The highest BCUT2D eigenvalue weighted by atomic mass is 16.7. The molecule has 12 heteroatoms. The van der Waals surface area contributed by atoms with Crippen molar-refractivity contribution in [2.75, 3.05) is 13.2 Å². The van der Waals surface area contributed by atoms with Crippen molar-refractivity contribution in [1.29, 1.82) is 0 Å². The Morgan fingerprint density at radius 3 is 1.38 bits per heavy atom. The minimum atomic E-state index is -1.92. The molecular formula is C59H96O12.